The summed E-state index contributed by atoms with van der Waals surface area (Å²) in [4.78, 5) is 24.6. The van der Waals surface area contributed by atoms with Gasteiger partial charge < -0.3 is 20.3 Å². The minimum Gasteiger partial charge on any atom is -0.444 e. The van der Waals surface area contributed by atoms with Crippen LogP contribution in [0.4, 0.5) is 4.79 Å². The molecule has 0 saturated carbocycles. The third-order valence-corrected chi connectivity index (χ3v) is 5.21. The van der Waals surface area contributed by atoms with E-state index < -0.39 is 5.60 Å². The number of hydrogen-bond donors (Lipinski definition) is 2. The van der Waals surface area contributed by atoms with Crippen molar-refractivity contribution in [2.75, 3.05) is 26.7 Å². The van der Waals surface area contributed by atoms with Crippen LogP contribution in [0.25, 0.3) is 0 Å². The number of carbonyl (C=O) groups excluding carboxylic acids is 1. The van der Waals surface area contributed by atoms with Crippen LogP contribution < -0.4 is 10.6 Å². The summed E-state index contributed by atoms with van der Waals surface area (Å²) in [6.45, 7) is 16.3. The number of aromatic nitrogens is 1. The fourth-order valence-corrected chi connectivity index (χ4v) is 3.49. The Morgan fingerprint density at radius 2 is 2.07 bits per heavy atom. The predicted molar refractivity (Wildman–Crippen MR) is 122 cm³/mol. The van der Waals surface area contributed by atoms with Gasteiger partial charge in [-0.3, -0.25) is 4.99 Å². The summed E-state index contributed by atoms with van der Waals surface area (Å²) in [7, 11) is 2.03. The smallest absolute Gasteiger partial charge is 0.407 e. The maximum absolute atomic E-state index is 12.1. The van der Waals surface area contributed by atoms with Gasteiger partial charge in [0.1, 0.15) is 5.60 Å². The lowest BCUT2D eigenvalue weighted by molar-refractivity contribution is 0.0486. The van der Waals surface area contributed by atoms with Gasteiger partial charge in [-0.1, -0.05) is 13.8 Å². The molecule has 0 bridgehead atoms. The first kappa shape index (κ1) is 25.2. The number of nitrogens with zero attached hydrogens (tertiary/aromatic N) is 3. The zero-order valence-corrected chi connectivity index (χ0v) is 20.2. The Labute approximate surface area is 180 Å². The van der Waals surface area contributed by atoms with E-state index in [2.05, 4.69) is 48.2 Å². The Balaban J connectivity index is 2.60. The van der Waals surface area contributed by atoms with Crippen LogP contribution in [0.5, 0.6) is 0 Å². The van der Waals surface area contributed by atoms with Gasteiger partial charge in [0, 0.05) is 50.2 Å². The molecule has 0 fully saturated rings. The highest BCUT2D eigenvalue weighted by Crippen LogP contribution is 2.12. The van der Waals surface area contributed by atoms with E-state index in [9.17, 15) is 4.79 Å². The lowest BCUT2D eigenvalue weighted by Crippen LogP contribution is -2.45. The number of hydrogen-bond acceptors (Lipinski definition) is 5. The molecule has 29 heavy (non-hydrogen) atoms. The van der Waals surface area contributed by atoms with Gasteiger partial charge in [0.25, 0.3) is 0 Å². The van der Waals surface area contributed by atoms with Crippen molar-refractivity contribution in [3.8, 4) is 0 Å². The third kappa shape index (κ3) is 10.5. The summed E-state index contributed by atoms with van der Waals surface area (Å²) in [5, 5.41) is 7.47. The molecule has 1 atom stereocenters. The van der Waals surface area contributed by atoms with E-state index in [1.807, 2.05) is 34.0 Å². The number of nitrogens with one attached hydrogen (secondary N) is 2. The molecule has 1 unspecified atom stereocenters. The molecule has 0 spiro atoms. The lowest BCUT2D eigenvalue weighted by atomic mass is 10.0. The molecule has 0 saturated heterocycles. The Morgan fingerprint density at radius 3 is 2.59 bits per heavy atom. The standard InChI is InChI=1S/C21H39N5O2S/c1-9-22-19(23-12-10-18-24-14-16(4)29-18)26(8)13-11-17(15(2)3)25-20(27)28-21(5,6)7/h14-15,17H,9-13H2,1-8H3,(H,22,23)(H,25,27). The maximum Gasteiger partial charge on any atom is 0.407 e. The second-order valence-corrected chi connectivity index (χ2v) is 9.88. The molecular weight excluding hydrogens is 386 g/mol. The fraction of sp³-hybridized carbons (Fsp3) is 0.762. The average Bonchev–Trinajstić information content (AvgIpc) is 3.01. The van der Waals surface area contributed by atoms with E-state index in [4.69, 9.17) is 9.73 Å². The van der Waals surface area contributed by atoms with Crippen molar-refractivity contribution in [2.45, 2.75) is 73.0 Å². The zero-order valence-electron chi connectivity index (χ0n) is 19.3. The zero-order chi connectivity index (χ0) is 22.0. The van der Waals surface area contributed by atoms with Crippen LogP contribution in [0.2, 0.25) is 0 Å². The molecule has 2 N–H and O–H groups in total. The highest BCUT2D eigenvalue weighted by molar-refractivity contribution is 7.11. The van der Waals surface area contributed by atoms with E-state index >= 15 is 0 Å². The molecule has 1 rings (SSSR count). The minimum atomic E-state index is -0.497. The van der Waals surface area contributed by atoms with Crippen LogP contribution >= 0.6 is 11.3 Å². The first-order valence-electron chi connectivity index (χ1n) is 10.4. The van der Waals surface area contributed by atoms with Gasteiger partial charge in [-0.05, 0) is 47.0 Å². The van der Waals surface area contributed by atoms with Crippen LogP contribution in [0, 0.1) is 12.8 Å². The van der Waals surface area contributed by atoms with Crippen LogP contribution in [0.15, 0.2) is 11.2 Å². The minimum absolute atomic E-state index is 0.0356. The number of thiazole rings is 1. The van der Waals surface area contributed by atoms with Crippen LogP contribution in [-0.4, -0.2) is 60.3 Å². The number of aryl methyl sites for hydroxylation is 1. The van der Waals surface area contributed by atoms with Gasteiger partial charge in [-0.25, -0.2) is 9.78 Å². The Kier molecular flexibility index (Phi) is 10.4. The van der Waals surface area contributed by atoms with Gasteiger partial charge in [-0.15, -0.1) is 11.3 Å². The van der Waals surface area contributed by atoms with E-state index in [0.717, 1.165) is 36.9 Å². The highest BCUT2D eigenvalue weighted by atomic mass is 32.1. The largest absolute Gasteiger partial charge is 0.444 e. The molecular formula is C21H39N5O2S. The summed E-state index contributed by atoms with van der Waals surface area (Å²) in [5.41, 5.74) is -0.497. The molecule has 1 amide bonds. The Hall–Kier alpha value is -1.83. The van der Waals surface area contributed by atoms with E-state index in [-0.39, 0.29) is 12.1 Å². The van der Waals surface area contributed by atoms with Gasteiger partial charge in [-0.2, -0.15) is 0 Å². The van der Waals surface area contributed by atoms with Crippen molar-refractivity contribution < 1.29 is 9.53 Å². The van der Waals surface area contributed by atoms with Gasteiger partial charge in [0.15, 0.2) is 5.96 Å². The van der Waals surface area contributed by atoms with E-state index in [0.29, 0.717) is 12.5 Å². The molecule has 7 nitrogen and oxygen atoms in total. The molecule has 166 valence electrons. The van der Waals surface area contributed by atoms with Gasteiger partial charge in [0.2, 0.25) is 0 Å². The number of rotatable bonds is 9. The highest BCUT2D eigenvalue weighted by Gasteiger charge is 2.22. The molecule has 0 aliphatic heterocycles. The Morgan fingerprint density at radius 1 is 1.38 bits per heavy atom. The fourth-order valence-electron chi connectivity index (χ4n) is 2.71. The second-order valence-electron chi connectivity index (χ2n) is 8.56. The number of aliphatic imine (C=N–C) groups is 1. The molecule has 1 aromatic heterocycles. The molecule has 0 aromatic carbocycles. The van der Waals surface area contributed by atoms with Crippen molar-refractivity contribution in [1.29, 1.82) is 0 Å². The lowest BCUT2D eigenvalue weighted by Gasteiger charge is -2.28. The van der Waals surface area contributed by atoms with Crippen LogP contribution in [0.3, 0.4) is 0 Å². The number of ether oxygens (including phenoxy) is 1. The van der Waals surface area contributed by atoms with Crippen molar-refractivity contribution in [3.63, 3.8) is 0 Å². The quantitative estimate of drug-likeness (QED) is 0.464. The first-order valence-corrected chi connectivity index (χ1v) is 11.2. The maximum atomic E-state index is 12.1. The monoisotopic (exact) mass is 425 g/mol. The Bertz CT molecular complexity index is 652. The third-order valence-electron chi connectivity index (χ3n) is 4.24. The number of guanidine groups is 1. The topological polar surface area (TPSA) is 78.9 Å². The summed E-state index contributed by atoms with van der Waals surface area (Å²) in [6, 6.07) is 0.0356. The van der Waals surface area contributed by atoms with Crippen molar-refractivity contribution in [1.82, 2.24) is 20.5 Å². The number of amides is 1. The number of carbonyl (C=O) groups is 1. The summed E-state index contributed by atoms with van der Waals surface area (Å²) < 4.78 is 5.40. The molecule has 0 radical (unpaired) electrons. The second kappa shape index (κ2) is 12.0. The van der Waals surface area contributed by atoms with Crippen molar-refractivity contribution in [3.05, 3.63) is 16.1 Å². The molecule has 0 aliphatic rings. The number of alkyl carbamates (subject to hydrolysis) is 1. The summed E-state index contributed by atoms with van der Waals surface area (Å²) in [6.07, 6.45) is 3.20. The van der Waals surface area contributed by atoms with E-state index in [1.165, 1.54) is 4.88 Å². The first-order chi connectivity index (χ1) is 13.5. The average molecular weight is 426 g/mol. The summed E-state index contributed by atoms with van der Waals surface area (Å²) in [5.74, 6) is 1.18. The van der Waals surface area contributed by atoms with Gasteiger partial charge >= 0.3 is 6.09 Å². The molecule has 0 aliphatic carbocycles. The molecule has 1 aromatic rings. The molecule has 1 heterocycles. The SMILES string of the molecule is CCNC(=NCCc1ncc(C)s1)N(C)CCC(NC(=O)OC(C)(C)C)C(C)C. The van der Waals surface area contributed by atoms with Crippen molar-refractivity contribution in [2.24, 2.45) is 10.9 Å². The predicted octanol–water partition coefficient (Wildman–Crippen LogP) is 3.83. The molecule has 8 heteroatoms. The summed E-state index contributed by atoms with van der Waals surface area (Å²) >= 11 is 1.72. The van der Waals surface area contributed by atoms with Gasteiger partial charge in [0.05, 0.1) is 5.01 Å². The normalized spacial score (nSPS) is 13.3. The van der Waals surface area contributed by atoms with Crippen molar-refractivity contribution >= 4 is 23.4 Å². The van der Waals surface area contributed by atoms with E-state index in [1.54, 1.807) is 11.3 Å². The van der Waals surface area contributed by atoms with Crippen LogP contribution in [0.1, 0.15) is 57.8 Å². The van der Waals surface area contributed by atoms with Crippen LogP contribution in [-0.2, 0) is 11.2 Å².